The molecular weight excluding hydrogens is 414 g/mol. The zero-order valence-corrected chi connectivity index (χ0v) is 17.0. The summed E-state index contributed by atoms with van der Waals surface area (Å²) in [4.78, 5) is 30.6. The van der Waals surface area contributed by atoms with Gasteiger partial charge in [0.25, 0.3) is 0 Å². The van der Waals surface area contributed by atoms with Crippen molar-refractivity contribution in [2.24, 2.45) is 0 Å². The molecule has 2 saturated heterocycles. The Bertz CT molecular complexity index is 644. The van der Waals surface area contributed by atoms with E-state index >= 15 is 0 Å². The average Bonchev–Trinajstić information content (AvgIpc) is 2.69. The van der Waals surface area contributed by atoms with Crippen LogP contribution in [0.3, 0.4) is 0 Å². The number of halogens is 1. The molecule has 148 valence electrons. The lowest BCUT2D eigenvalue weighted by molar-refractivity contribution is -0.141. The van der Waals surface area contributed by atoms with E-state index in [1.165, 1.54) is 0 Å². The summed E-state index contributed by atoms with van der Waals surface area (Å²) in [6, 6.07) is 7.57. The molecule has 8 heteroatoms. The van der Waals surface area contributed by atoms with E-state index in [0.29, 0.717) is 59.0 Å². The van der Waals surface area contributed by atoms with E-state index in [1.54, 1.807) is 0 Å². The number of hydrogen-bond acceptors (Lipinski definition) is 5. The maximum Gasteiger partial charge on any atom is 0.236 e. The lowest BCUT2D eigenvalue weighted by atomic mass is 10.2. The van der Waals surface area contributed by atoms with Crippen molar-refractivity contribution in [3.05, 3.63) is 28.7 Å². The quantitative estimate of drug-likeness (QED) is 0.666. The highest BCUT2D eigenvalue weighted by molar-refractivity contribution is 9.10. The van der Waals surface area contributed by atoms with Gasteiger partial charge in [0, 0.05) is 43.7 Å². The second-order valence-electron chi connectivity index (χ2n) is 6.71. The van der Waals surface area contributed by atoms with Crippen LogP contribution in [0, 0.1) is 0 Å². The Morgan fingerprint density at radius 2 is 1.67 bits per heavy atom. The molecule has 0 saturated carbocycles. The molecule has 1 aromatic rings. The molecule has 2 amide bonds. The molecule has 0 aromatic heterocycles. The van der Waals surface area contributed by atoms with E-state index in [9.17, 15) is 9.59 Å². The van der Waals surface area contributed by atoms with Crippen LogP contribution in [0.25, 0.3) is 0 Å². The third kappa shape index (κ3) is 6.19. The Hall–Kier alpha value is -1.64. The molecule has 0 aliphatic carbocycles. The van der Waals surface area contributed by atoms with Crippen LogP contribution in [-0.2, 0) is 14.3 Å². The van der Waals surface area contributed by atoms with Crippen LogP contribution in [0.1, 0.15) is 6.42 Å². The maximum atomic E-state index is 12.4. The Balaban J connectivity index is 1.35. The summed E-state index contributed by atoms with van der Waals surface area (Å²) < 4.78 is 11.9. The van der Waals surface area contributed by atoms with Gasteiger partial charge in [-0.25, -0.2) is 0 Å². The number of amides is 2. The molecule has 0 atom stereocenters. The van der Waals surface area contributed by atoms with Crippen LogP contribution < -0.4 is 4.74 Å². The van der Waals surface area contributed by atoms with Gasteiger partial charge in [-0.1, -0.05) is 22.0 Å². The van der Waals surface area contributed by atoms with Crippen molar-refractivity contribution in [2.75, 3.05) is 65.6 Å². The lowest BCUT2D eigenvalue weighted by Gasteiger charge is -2.36. The molecule has 7 nitrogen and oxygen atoms in total. The SMILES string of the molecule is O=C(CCOc1cccc(Br)c1)N1CCN(C(=O)CN2CCOCC2)CC1. The zero-order valence-electron chi connectivity index (χ0n) is 15.4. The van der Waals surface area contributed by atoms with E-state index < -0.39 is 0 Å². The smallest absolute Gasteiger partial charge is 0.236 e. The predicted molar refractivity (Wildman–Crippen MR) is 105 cm³/mol. The van der Waals surface area contributed by atoms with Crippen molar-refractivity contribution in [3.63, 3.8) is 0 Å². The third-order valence-electron chi connectivity index (χ3n) is 4.83. The zero-order chi connectivity index (χ0) is 19.1. The largest absolute Gasteiger partial charge is 0.493 e. The van der Waals surface area contributed by atoms with Crippen molar-refractivity contribution < 1.29 is 19.1 Å². The van der Waals surface area contributed by atoms with Gasteiger partial charge in [-0.2, -0.15) is 0 Å². The molecule has 3 rings (SSSR count). The molecule has 0 N–H and O–H groups in total. The lowest BCUT2D eigenvalue weighted by Crippen LogP contribution is -2.53. The minimum absolute atomic E-state index is 0.0743. The fourth-order valence-electron chi connectivity index (χ4n) is 3.23. The number of piperazine rings is 1. The topological polar surface area (TPSA) is 62.3 Å². The molecule has 27 heavy (non-hydrogen) atoms. The second kappa shape index (κ2) is 10.1. The van der Waals surface area contributed by atoms with E-state index in [4.69, 9.17) is 9.47 Å². The van der Waals surface area contributed by atoms with Crippen LogP contribution in [0.4, 0.5) is 0 Å². The van der Waals surface area contributed by atoms with Gasteiger partial charge < -0.3 is 19.3 Å². The van der Waals surface area contributed by atoms with E-state index in [2.05, 4.69) is 20.8 Å². The van der Waals surface area contributed by atoms with E-state index in [-0.39, 0.29) is 11.8 Å². The Morgan fingerprint density at radius 3 is 2.33 bits per heavy atom. The highest BCUT2D eigenvalue weighted by Gasteiger charge is 2.25. The number of carbonyl (C=O) groups is 2. The number of hydrogen-bond donors (Lipinski definition) is 0. The highest BCUT2D eigenvalue weighted by atomic mass is 79.9. The van der Waals surface area contributed by atoms with Gasteiger partial charge in [-0.3, -0.25) is 14.5 Å². The fraction of sp³-hybridized carbons (Fsp3) is 0.579. The summed E-state index contributed by atoms with van der Waals surface area (Å²) in [5.41, 5.74) is 0. The highest BCUT2D eigenvalue weighted by Crippen LogP contribution is 2.18. The van der Waals surface area contributed by atoms with Crippen LogP contribution in [0.5, 0.6) is 5.75 Å². The predicted octanol–water partition coefficient (Wildman–Crippen LogP) is 1.22. The van der Waals surface area contributed by atoms with Gasteiger partial charge in [0.05, 0.1) is 32.8 Å². The summed E-state index contributed by atoms with van der Waals surface area (Å²) in [7, 11) is 0. The number of morpholine rings is 1. The van der Waals surface area contributed by atoms with Crippen molar-refractivity contribution in [1.29, 1.82) is 0 Å². The van der Waals surface area contributed by atoms with Crippen molar-refractivity contribution in [3.8, 4) is 5.75 Å². The third-order valence-corrected chi connectivity index (χ3v) is 5.32. The first kappa shape index (κ1) is 20.1. The summed E-state index contributed by atoms with van der Waals surface area (Å²) in [5, 5.41) is 0. The summed E-state index contributed by atoms with van der Waals surface area (Å²) in [5.74, 6) is 0.961. The van der Waals surface area contributed by atoms with Crippen LogP contribution in [0.2, 0.25) is 0 Å². The van der Waals surface area contributed by atoms with Gasteiger partial charge in [-0.05, 0) is 18.2 Å². The molecule has 2 fully saturated rings. The molecular formula is C19H26BrN3O4. The monoisotopic (exact) mass is 439 g/mol. The van der Waals surface area contributed by atoms with Gasteiger partial charge >= 0.3 is 0 Å². The number of rotatable bonds is 6. The number of carbonyl (C=O) groups excluding carboxylic acids is 2. The van der Waals surface area contributed by atoms with Crippen molar-refractivity contribution in [1.82, 2.24) is 14.7 Å². The molecule has 2 aliphatic heterocycles. The first-order valence-electron chi connectivity index (χ1n) is 9.36. The first-order valence-corrected chi connectivity index (χ1v) is 10.1. The number of ether oxygens (including phenoxy) is 2. The maximum absolute atomic E-state index is 12.4. The molecule has 0 spiro atoms. The average molecular weight is 440 g/mol. The van der Waals surface area contributed by atoms with Gasteiger partial charge in [0.1, 0.15) is 5.75 Å². The minimum atomic E-state index is 0.0743. The second-order valence-corrected chi connectivity index (χ2v) is 7.62. The Kier molecular flexibility index (Phi) is 7.49. The fourth-order valence-corrected chi connectivity index (χ4v) is 3.61. The molecule has 1 aromatic carbocycles. The number of benzene rings is 1. The summed E-state index contributed by atoms with van der Waals surface area (Å²) in [6.45, 7) is 6.17. The summed E-state index contributed by atoms with van der Waals surface area (Å²) in [6.07, 6.45) is 0.342. The number of nitrogens with zero attached hydrogens (tertiary/aromatic N) is 3. The van der Waals surface area contributed by atoms with Crippen molar-refractivity contribution in [2.45, 2.75) is 6.42 Å². The van der Waals surface area contributed by atoms with Crippen LogP contribution in [0.15, 0.2) is 28.7 Å². The molecule has 0 bridgehead atoms. The van der Waals surface area contributed by atoms with Crippen LogP contribution >= 0.6 is 15.9 Å². The first-order chi connectivity index (χ1) is 13.1. The Labute approximate surface area is 168 Å². The molecule has 2 heterocycles. The van der Waals surface area contributed by atoms with Crippen molar-refractivity contribution >= 4 is 27.7 Å². The standard InChI is InChI=1S/C19H26BrN3O4/c20-16-2-1-3-17(14-16)27-11-4-18(24)22-5-7-23(8-6-22)19(25)15-21-9-12-26-13-10-21/h1-3,14H,4-13,15H2. The molecule has 0 radical (unpaired) electrons. The van der Waals surface area contributed by atoms with Gasteiger partial charge in [0.15, 0.2) is 0 Å². The Morgan fingerprint density at radius 1 is 1.00 bits per heavy atom. The van der Waals surface area contributed by atoms with E-state index in [1.807, 2.05) is 34.1 Å². The van der Waals surface area contributed by atoms with Crippen LogP contribution in [-0.4, -0.2) is 92.1 Å². The summed E-state index contributed by atoms with van der Waals surface area (Å²) >= 11 is 3.40. The normalized spacial score (nSPS) is 18.4. The van der Waals surface area contributed by atoms with Gasteiger partial charge in [-0.15, -0.1) is 0 Å². The molecule has 2 aliphatic rings. The van der Waals surface area contributed by atoms with Gasteiger partial charge in [0.2, 0.25) is 11.8 Å². The van der Waals surface area contributed by atoms with E-state index in [0.717, 1.165) is 23.3 Å². The minimum Gasteiger partial charge on any atom is -0.493 e. The molecule has 0 unspecified atom stereocenters.